The summed E-state index contributed by atoms with van der Waals surface area (Å²) in [5, 5.41) is 4.85. The molecule has 18 heavy (non-hydrogen) atoms. The van der Waals surface area contributed by atoms with E-state index in [0.717, 1.165) is 6.42 Å². The van der Waals surface area contributed by atoms with Gasteiger partial charge in [0.25, 0.3) is 5.89 Å². The Kier molecular flexibility index (Phi) is 2.72. The van der Waals surface area contributed by atoms with Gasteiger partial charge in [0.1, 0.15) is 0 Å². The molecule has 2 N–H and O–H groups in total. The van der Waals surface area contributed by atoms with Crippen molar-refractivity contribution in [3.8, 4) is 11.5 Å². The zero-order chi connectivity index (χ0) is 12.9. The average Bonchev–Trinajstić information content (AvgIpc) is 2.88. The van der Waals surface area contributed by atoms with E-state index in [2.05, 4.69) is 17.1 Å². The van der Waals surface area contributed by atoms with Crippen molar-refractivity contribution in [1.29, 1.82) is 0 Å². The maximum Gasteiger partial charge on any atom is 0.261 e. The molecule has 2 unspecified atom stereocenters. The molecule has 1 heterocycles. The van der Waals surface area contributed by atoms with Crippen molar-refractivity contribution in [2.75, 3.05) is 5.73 Å². The fraction of sp³-hybridized carbons (Fsp3) is 0.333. The summed E-state index contributed by atoms with van der Waals surface area (Å²) >= 11 is 12.1. The lowest BCUT2D eigenvalue weighted by Gasteiger charge is -2.04. The largest absolute Gasteiger partial charge is 0.397 e. The van der Waals surface area contributed by atoms with Gasteiger partial charge in [0.2, 0.25) is 0 Å². The smallest absolute Gasteiger partial charge is 0.261 e. The molecule has 6 heteroatoms. The van der Waals surface area contributed by atoms with Crippen molar-refractivity contribution < 1.29 is 4.52 Å². The quantitative estimate of drug-likeness (QED) is 0.853. The van der Waals surface area contributed by atoms with Crippen molar-refractivity contribution in [1.82, 2.24) is 10.1 Å². The van der Waals surface area contributed by atoms with Gasteiger partial charge in [-0.3, -0.25) is 0 Å². The van der Waals surface area contributed by atoms with Gasteiger partial charge in [-0.05, 0) is 24.5 Å². The van der Waals surface area contributed by atoms with E-state index < -0.39 is 0 Å². The second-order valence-electron chi connectivity index (χ2n) is 4.60. The zero-order valence-electron chi connectivity index (χ0n) is 9.65. The Bertz CT molecular complexity index is 611. The van der Waals surface area contributed by atoms with E-state index in [-0.39, 0.29) is 0 Å². The molecule has 0 spiro atoms. The Hall–Kier alpha value is -1.26. The molecule has 1 aliphatic rings. The molecular weight excluding hydrogens is 273 g/mol. The van der Waals surface area contributed by atoms with Crippen LogP contribution in [0, 0.1) is 5.92 Å². The van der Waals surface area contributed by atoms with Gasteiger partial charge in [-0.1, -0.05) is 35.3 Å². The predicted molar refractivity (Wildman–Crippen MR) is 70.7 cm³/mol. The van der Waals surface area contributed by atoms with Crippen LogP contribution in [0.3, 0.4) is 0 Å². The molecule has 0 amide bonds. The molecule has 0 radical (unpaired) electrons. The number of hydrogen-bond donors (Lipinski definition) is 1. The number of anilines is 1. The van der Waals surface area contributed by atoms with Gasteiger partial charge in [-0.25, -0.2) is 0 Å². The van der Waals surface area contributed by atoms with E-state index in [1.807, 2.05) is 0 Å². The Morgan fingerprint density at radius 2 is 2.00 bits per heavy atom. The van der Waals surface area contributed by atoms with Gasteiger partial charge in [0, 0.05) is 5.92 Å². The molecule has 1 aliphatic carbocycles. The van der Waals surface area contributed by atoms with Gasteiger partial charge >= 0.3 is 0 Å². The second kappa shape index (κ2) is 4.14. The maximum atomic E-state index is 6.10. The minimum Gasteiger partial charge on any atom is -0.397 e. The first-order valence-corrected chi connectivity index (χ1v) is 6.41. The summed E-state index contributed by atoms with van der Waals surface area (Å²) in [4.78, 5) is 4.35. The van der Waals surface area contributed by atoms with Gasteiger partial charge < -0.3 is 10.3 Å². The molecule has 4 nitrogen and oxygen atoms in total. The standard InChI is InChI=1S/C12H11Cl2N3O/c1-5-4-6(5)11-16-12(18-17-11)9-7(13)2-3-8(14)10(9)15/h2-3,5-6H,4,15H2,1H3. The van der Waals surface area contributed by atoms with Crippen LogP contribution in [0.4, 0.5) is 5.69 Å². The highest BCUT2D eigenvalue weighted by molar-refractivity contribution is 6.37. The summed E-state index contributed by atoms with van der Waals surface area (Å²) in [7, 11) is 0. The number of benzene rings is 1. The van der Waals surface area contributed by atoms with Crippen LogP contribution in [0.5, 0.6) is 0 Å². The molecule has 1 aromatic heterocycles. The number of aromatic nitrogens is 2. The van der Waals surface area contributed by atoms with Crippen LogP contribution in [0.2, 0.25) is 10.0 Å². The summed E-state index contributed by atoms with van der Waals surface area (Å²) in [6, 6.07) is 3.31. The molecule has 1 aromatic carbocycles. The van der Waals surface area contributed by atoms with Crippen molar-refractivity contribution in [2.24, 2.45) is 5.92 Å². The van der Waals surface area contributed by atoms with Crippen LogP contribution in [0.1, 0.15) is 25.1 Å². The Labute approximate surface area is 114 Å². The molecular formula is C12H11Cl2N3O. The molecule has 0 bridgehead atoms. The highest BCUT2D eigenvalue weighted by Crippen LogP contribution is 2.46. The molecule has 2 aromatic rings. The van der Waals surface area contributed by atoms with Gasteiger partial charge in [-0.2, -0.15) is 4.98 Å². The van der Waals surface area contributed by atoms with Crippen LogP contribution in [0.15, 0.2) is 16.7 Å². The highest BCUT2D eigenvalue weighted by atomic mass is 35.5. The lowest BCUT2D eigenvalue weighted by atomic mass is 10.2. The van der Waals surface area contributed by atoms with Gasteiger partial charge in [0.05, 0.1) is 21.3 Å². The predicted octanol–water partition coefficient (Wildman–Crippen LogP) is 3.75. The maximum absolute atomic E-state index is 6.10. The van der Waals surface area contributed by atoms with Crippen LogP contribution in [-0.2, 0) is 0 Å². The fourth-order valence-electron chi connectivity index (χ4n) is 1.95. The van der Waals surface area contributed by atoms with Crippen molar-refractivity contribution in [3.63, 3.8) is 0 Å². The average molecular weight is 284 g/mol. The van der Waals surface area contributed by atoms with Gasteiger partial charge in [0.15, 0.2) is 5.82 Å². The number of rotatable bonds is 2. The number of nitrogens with zero attached hydrogens (tertiary/aromatic N) is 2. The van der Waals surface area contributed by atoms with Crippen LogP contribution in [0.25, 0.3) is 11.5 Å². The minimum atomic E-state index is 0.328. The first kappa shape index (κ1) is 11.8. The Balaban J connectivity index is 2.04. The number of nitrogens with two attached hydrogens (primary N) is 1. The van der Waals surface area contributed by atoms with E-state index in [4.69, 9.17) is 33.5 Å². The van der Waals surface area contributed by atoms with Crippen molar-refractivity contribution >= 4 is 28.9 Å². The van der Waals surface area contributed by atoms with E-state index in [0.29, 0.717) is 44.8 Å². The van der Waals surface area contributed by atoms with Crippen molar-refractivity contribution in [3.05, 3.63) is 28.0 Å². The third kappa shape index (κ3) is 1.85. The molecule has 0 saturated heterocycles. The Morgan fingerprint density at radius 3 is 2.67 bits per heavy atom. The van der Waals surface area contributed by atoms with E-state index in [1.54, 1.807) is 12.1 Å². The number of hydrogen-bond acceptors (Lipinski definition) is 4. The summed E-state index contributed by atoms with van der Waals surface area (Å²) in [5.41, 5.74) is 6.77. The fourth-order valence-corrected chi connectivity index (χ4v) is 2.36. The lowest BCUT2D eigenvalue weighted by molar-refractivity contribution is 0.422. The monoisotopic (exact) mass is 283 g/mol. The van der Waals surface area contributed by atoms with Gasteiger partial charge in [-0.15, -0.1) is 0 Å². The Morgan fingerprint density at radius 1 is 1.33 bits per heavy atom. The molecule has 0 aliphatic heterocycles. The summed E-state index contributed by atoms with van der Waals surface area (Å²) < 4.78 is 5.23. The summed E-state index contributed by atoms with van der Waals surface area (Å²) in [5.74, 6) is 2.05. The second-order valence-corrected chi connectivity index (χ2v) is 5.41. The van der Waals surface area contributed by atoms with E-state index >= 15 is 0 Å². The molecule has 1 fully saturated rings. The number of halogens is 2. The van der Waals surface area contributed by atoms with Crippen LogP contribution >= 0.6 is 23.2 Å². The SMILES string of the molecule is CC1CC1c1noc(-c2c(Cl)ccc(Cl)c2N)n1. The third-order valence-electron chi connectivity index (χ3n) is 3.24. The third-order valence-corrected chi connectivity index (χ3v) is 3.88. The molecule has 3 rings (SSSR count). The highest BCUT2D eigenvalue weighted by Gasteiger charge is 2.38. The first-order chi connectivity index (χ1) is 8.58. The van der Waals surface area contributed by atoms with E-state index in [1.165, 1.54) is 0 Å². The zero-order valence-corrected chi connectivity index (χ0v) is 11.2. The molecule has 94 valence electrons. The topological polar surface area (TPSA) is 64.9 Å². The summed E-state index contributed by atoms with van der Waals surface area (Å²) in [6.45, 7) is 2.15. The molecule has 1 saturated carbocycles. The van der Waals surface area contributed by atoms with E-state index in [9.17, 15) is 0 Å². The minimum absolute atomic E-state index is 0.328. The summed E-state index contributed by atoms with van der Waals surface area (Å²) in [6.07, 6.45) is 1.09. The van der Waals surface area contributed by atoms with Crippen LogP contribution < -0.4 is 5.73 Å². The van der Waals surface area contributed by atoms with Crippen LogP contribution in [-0.4, -0.2) is 10.1 Å². The normalized spacial score (nSPS) is 22.2. The first-order valence-electron chi connectivity index (χ1n) is 5.65. The van der Waals surface area contributed by atoms with Crippen molar-refractivity contribution in [2.45, 2.75) is 19.3 Å². The lowest BCUT2D eigenvalue weighted by Crippen LogP contribution is -1.93. The number of nitrogen functional groups attached to an aromatic ring is 1. The molecule has 2 atom stereocenters.